The summed E-state index contributed by atoms with van der Waals surface area (Å²) in [7, 11) is 0. The van der Waals surface area contributed by atoms with E-state index in [1.54, 1.807) is 0 Å². The highest BCUT2D eigenvalue weighted by Crippen LogP contribution is 2.23. The Morgan fingerprint density at radius 2 is 1.30 bits per heavy atom. The summed E-state index contributed by atoms with van der Waals surface area (Å²) < 4.78 is 0. The lowest BCUT2D eigenvalue weighted by Crippen LogP contribution is -2.59. The number of amides is 4. The van der Waals surface area contributed by atoms with E-state index >= 15 is 0 Å². The molecule has 2 aromatic rings. The maximum atomic E-state index is 13.8. The van der Waals surface area contributed by atoms with Gasteiger partial charge in [0.25, 0.3) is 0 Å². The van der Waals surface area contributed by atoms with Crippen molar-refractivity contribution in [1.29, 1.82) is 0 Å². The van der Waals surface area contributed by atoms with Crippen molar-refractivity contribution in [3.63, 3.8) is 0 Å². The van der Waals surface area contributed by atoms with Crippen molar-refractivity contribution < 1.29 is 19.2 Å². The molecule has 0 aromatic heterocycles. The second-order valence-electron chi connectivity index (χ2n) is 13.5. The van der Waals surface area contributed by atoms with Crippen LogP contribution in [0.4, 0.5) is 5.69 Å². The molecule has 0 aliphatic rings. The molecule has 6 N–H and O–H groups in total. The highest BCUT2D eigenvalue weighted by atomic mass is 16.2. The molecule has 0 spiro atoms. The first-order valence-corrected chi connectivity index (χ1v) is 16.9. The van der Waals surface area contributed by atoms with Gasteiger partial charge in [-0.1, -0.05) is 104 Å². The fourth-order valence-electron chi connectivity index (χ4n) is 5.52. The topological polar surface area (TPSA) is 142 Å². The first-order chi connectivity index (χ1) is 21.7. The molecule has 9 heteroatoms. The number of hydrogen-bond acceptors (Lipinski definition) is 5. The zero-order valence-corrected chi connectivity index (χ0v) is 29.1. The maximum Gasteiger partial charge on any atom is 0.243 e. The van der Waals surface area contributed by atoms with E-state index in [4.69, 9.17) is 5.73 Å². The summed E-state index contributed by atoms with van der Waals surface area (Å²) in [6, 6.07) is 12.8. The van der Waals surface area contributed by atoms with Crippen LogP contribution >= 0.6 is 0 Å². The zero-order valence-electron chi connectivity index (χ0n) is 29.1. The van der Waals surface area contributed by atoms with Crippen LogP contribution < -0.4 is 27.0 Å². The van der Waals surface area contributed by atoms with E-state index in [0.29, 0.717) is 19.3 Å². The number of hydrogen-bond donors (Lipinski definition) is 5. The predicted octanol–water partition coefficient (Wildman–Crippen LogP) is 4.91. The van der Waals surface area contributed by atoms with Crippen LogP contribution in [0.5, 0.6) is 0 Å². The van der Waals surface area contributed by atoms with E-state index in [1.165, 1.54) is 0 Å². The molecule has 4 atom stereocenters. The molecule has 0 bridgehead atoms. The van der Waals surface area contributed by atoms with Crippen LogP contribution in [0.25, 0.3) is 0 Å². The monoisotopic (exact) mass is 635 g/mol. The third-order valence-corrected chi connectivity index (χ3v) is 8.03. The summed E-state index contributed by atoms with van der Waals surface area (Å²) in [5.74, 6) is -1.15. The molecule has 46 heavy (non-hydrogen) atoms. The van der Waals surface area contributed by atoms with E-state index in [0.717, 1.165) is 35.2 Å². The average molecular weight is 636 g/mol. The van der Waals surface area contributed by atoms with Crippen LogP contribution in [0.1, 0.15) is 91.3 Å². The molecule has 4 amide bonds. The van der Waals surface area contributed by atoms with Crippen molar-refractivity contribution in [2.45, 2.75) is 118 Å². The van der Waals surface area contributed by atoms with Gasteiger partial charge >= 0.3 is 0 Å². The van der Waals surface area contributed by atoms with Gasteiger partial charge in [0.2, 0.25) is 23.6 Å². The van der Waals surface area contributed by atoms with Gasteiger partial charge in [-0.15, -0.1) is 0 Å². The smallest absolute Gasteiger partial charge is 0.243 e. The number of anilines is 1. The number of para-hydroxylation sites is 1. The van der Waals surface area contributed by atoms with Gasteiger partial charge in [0.15, 0.2) is 0 Å². The van der Waals surface area contributed by atoms with Gasteiger partial charge in [0.1, 0.15) is 12.1 Å². The number of rotatable bonds is 18. The molecule has 254 valence electrons. The fraction of sp³-hybridized carbons (Fsp3) is 0.568. The Morgan fingerprint density at radius 1 is 0.696 bits per heavy atom. The van der Waals surface area contributed by atoms with Gasteiger partial charge in [-0.25, -0.2) is 0 Å². The molecule has 0 saturated carbocycles. The SMILES string of the molecule is CCc1cccc(CC)c1NC(=O)C[C@H](N)[C@H](Cc1ccccc1)NC(=O)C(NC(=O)[C@H](CC(C)C)NC(=O)CC(C)C)C(C)C. The van der Waals surface area contributed by atoms with Gasteiger partial charge in [-0.05, 0) is 60.1 Å². The summed E-state index contributed by atoms with van der Waals surface area (Å²) in [5.41, 5.74) is 10.6. The lowest BCUT2D eigenvalue weighted by atomic mass is 9.95. The van der Waals surface area contributed by atoms with Crippen LogP contribution in [0.15, 0.2) is 48.5 Å². The second kappa shape index (κ2) is 19.1. The summed E-state index contributed by atoms with van der Waals surface area (Å²) >= 11 is 0. The number of nitrogens with one attached hydrogen (secondary N) is 4. The first kappa shape index (κ1) is 38.5. The Labute approximate surface area is 276 Å². The van der Waals surface area contributed by atoms with Gasteiger partial charge in [-0.3, -0.25) is 19.2 Å². The third kappa shape index (κ3) is 12.6. The molecule has 1 unspecified atom stereocenters. The Hall–Kier alpha value is -3.72. The first-order valence-electron chi connectivity index (χ1n) is 16.9. The lowest BCUT2D eigenvalue weighted by molar-refractivity contribution is -0.133. The molecule has 0 aliphatic heterocycles. The van der Waals surface area contributed by atoms with Gasteiger partial charge < -0.3 is 27.0 Å². The van der Waals surface area contributed by atoms with Crippen molar-refractivity contribution in [1.82, 2.24) is 16.0 Å². The molecule has 0 heterocycles. The number of nitrogens with two attached hydrogens (primary N) is 1. The number of benzene rings is 2. The maximum absolute atomic E-state index is 13.8. The van der Waals surface area contributed by atoms with Crippen LogP contribution in [0, 0.1) is 17.8 Å². The average Bonchev–Trinajstić information content (AvgIpc) is 2.98. The van der Waals surface area contributed by atoms with Crippen molar-refractivity contribution >= 4 is 29.3 Å². The Kier molecular flexibility index (Phi) is 15.9. The minimum absolute atomic E-state index is 0.00394. The van der Waals surface area contributed by atoms with E-state index in [2.05, 4.69) is 35.1 Å². The molecule has 0 radical (unpaired) electrons. The molecule has 0 saturated heterocycles. The molecular formula is C37H57N5O4. The highest BCUT2D eigenvalue weighted by Gasteiger charge is 2.32. The molecule has 9 nitrogen and oxygen atoms in total. The van der Waals surface area contributed by atoms with Crippen molar-refractivity contribution in [3.8, 4) is 0 Å². The van der Waals surface area contributed by atoms with Crippen LogP contribution in [0.3, 0.4) is 0 Å². The number of carbonyl (C=O) groups is 4. The van der Waals surface area contributed by atoms with Gasteiger partial charge in [0.05, 0.1) is 0 Å². The minimum Gasteiger partial charge on any atom is -0.350 e. The van der Waals surface area contributed by atoms with Gasteiger partial charge in [0, 0.05) is 30.6 Å². The molecular weight excluding hydrogens is 578 g/mol. The van der Waals surface area contributed by atoms with Crippen LogP contribution in [-0.2, 0) is 38.4 Å². The standard InChI is InChI=1S/C37H57N5O4/c1-9-27-17-14-18-28(10-2)35(27)41-33(44)22-29(38)30(21-26-15-12-11-13-16-26)40-37(46)34(25(7)8)42-36(45)31(19-23(3)4)39-32(43)20-24(5)6/h11-18,23-25,29-31,34H,9-10,19-22,38H2,1-8H3,(H,39,43)(H,40,46)(H,41,44)(H,42,45)/t29-,30-,31-,34?/m0/s1. The van der Waals surface area contributed by atoms with Crippen LogP contribution in [0.2, 0.25) is 0 Å². The number of carbonyl (C=O) groups excluding carboxylic acids is 4. The Bertz CT molecular complexity index is 1260. The molecule has 2 aromatic carbocycles. The molecule has 2 rings (SSSR count). The summed E-state index contributed by atoms with van der Waals surface area (Å²) in [6.45, 7) is 15.7. The van der Waals surface area contributed by atoms with E-state index in [1.807, 2.05) is 90.1 Å². The summed E-state index contributed by atoms with van der Waals surface area (Å²) in [4.78, 5) is 53.1. The fourth-order valence-corrected chi connectivity index (χ4v) is 5.52. The van der Waals surface area contributed by atoms with E-state index < -0.39 is 30.1 Å². The highest BCUT2D eigenvalue weighted by molar-refractivity contribution is 5.94. The minimum atomic E-state index is -0.869. The van der Waals surface area contributed by atoms with Crippen molar-refractivity contribution in [2.75, 3.05) is 5.32 Å². The Balaban J connectivity index is 2.25. The number of aryl methyl sites for hydroxylation is 2. The second-order valence-corrected chi connectivity index (χ2v) is 13.5. The predicted molar refractivity (Wildman–Crippen MR) is 186 cm³/mol. The molecule has 0 aliphatic carbocycles. The van der Waals surface area contributed by atoms with E-state index in [-0.39, 0.29) is 41.9 Å². The van der Waals surface area contributed by atoms with E-state index in [9.17, 15) is 19.2 Å². The molecule has 0 fully saturated rings. The van der Waals surface area contributed by atoms with Crippen LogP contribution in [-0.4, -0.2) is 47.8 Å². The lowest BCUT2D eigenvalue weighted by Gasteiger charge is -2.30. The quantitative estimate of drug-likeness (QED) is 0.158. The normalized spacial score (nSPS) is 14.0. The summed E-state index contributed by atoms with van der Waals surface area (Å²) in [6.07, 6.45) is 2.72. The zero-order chi connectivity index (χ0) is 34.4. The van der Waals surface area contributed by atoms with Gasteiger partial charge in [-0.2, -0.15) is 0 Å². The van der Waals surface area contributed by atoms with Crippen molar-refractivity contribution in [3.05, 3.63) is 65.2 Å². The Morgan fingerprint density at radius 3 is 1.83 bits per heavy atom. The summed E-state index contributed by atoms with van der Waals surface area (Å²) in [5, 5.41) is 11.9. The van der Waals surface area contributed by atoms with Crippen molar-refractivity contribution in [2.24, 2.45) is 23.5 Å². The third-order valence-electron chi connectivity index (χ3n) is 8.03. The largest absolute Gasteiger partial charge is 0.350 e.